The molecule has 0 bridgehead atoms. The lowest BCUT2D eigenvalue weighted by Gasteiger charge is -2.31. The lowest BCUT2D eigenvalue weighted by atomic mass is 9.84. The van der Waals surface area contributed by atoms with Crippen molar-refractivity contribution < 1.29 is 9.15 Å². The maximum atomic E-state index is 6.01. The van der Waals surface area contributed by atoms with Gasteiger partial charge in [0.25, 0.3) is 0 Å². The van der Waals surface area contributed by atoms with E-state index in [0.717, 1.165) is 36.3 Å². The van der Waals surface area contributed by atoms with Crippen molar-refractivity contribution in [2.24, 2.45) is 0 Å². The second-order valence-corrected chi connectivity index (χ2v) is 5.10. The maximum absolute atomic E-state index is 6.01. The molecule has 0 N–H and O–H groups in total. The highest BCUT2D eigenvalue weighted by atomic mass is 16.5. The first-order valence-electron chi connectivity index (χ1n) is 6.47. The number of fused-ring (bicyclic) bond motifs is 1. The van der Waals surface area contributed by atoms with Crippen LogP contribution in [0.15, 0.2) is 40.8 Å². The summed E-state index contributed by atoms with van der Waals surface area (Å²) in [5.41, 5.74) is 2.16. The number of methoxy groups -OCH3 is 1. The summed E-state index contributed by atoms with van der Waals surface area (Å²) in [6.45, 7) is 2.15. The molecule has 1 unspecified atom stereocenters. The van der Waals surface area contributed by atoms with Crippen LogP contribution in [0.3, 0.4) is 0 Å². The molecular formula is C16H18O2. The molecule has 1 aliphatic carbocycles. The zero-order valence-corrected chi connectivity index (χ0v) is 10.9. The molecule has 18 heavy (non-hydrogen) atoms. The Morgan fingerprint density at radius 1 is 1.22 bits per heavy atom. The molecule has 1 aliphatic rings. The Kier molecular flexibility index (Phi) is 2.75. The van der Waals surface area contributed by atoms with Crippen molar-refractivity contribution >= 4 is 0 Å². The molecule has 0 amide bonds. The van der Waals surface area contributed by atoms with Crippen LogP contribution in [0.1, 0.15) is 31.1 Å². The molecule has 94 valence electrons. The van der Waals surface area contributed by atoms with E-state index in [-0.39, 0.29) is 5.60 Å². The third-order valence-electron chi connectivity index (χ3n) is 3.95. The maximum Gasteiger partial charge on any atom is 0.134 e. The highest BCUT2D eigenvalue weighted by Crippen LogP contribution is 2.41. The Balaban J connectivity index is 2.07. The monoisotopic (exact) mass is 242 g/mol. The topological polar surface area (TPSA) is 22.4 Å². The number of rotatable bonds is 2. The van der Waals surface area contributed by atoms with Crippen molar-refractivity contribution in [3.8, 4) is 11.3 Å². The molecule has 0 saturated heterocycles. The number of hydrogen-bond donors (Lipinski definition) is 0. The average molecular weight is 242 g/mol. The number of furan rings is 1. The lowest BCUT2D eigenvalue weighted by molar-refractivity contribution is -0.0141. The van der Waals surface area contributed by atoms with E-state index >= 15 is 0 Å². The first-order valence-corrected chi connectivity index (χ1v) is 6.47. The molecule has 0 saturated carbocycles. The van der Waals surface area contributed by atoms with Crippen LogP contribution in [0.2, 0.25) is 0 Å². The van der Waals surface area contributed by atoms with E-state index in [1.165, 1.54) is 5.56 Å². The summed E-state index contributed by atoms with van der Waals surface area (Å²) in [5.74, 6) is 2.04. The molecule has 2 nitrogen and oxygen atoms in total. The normalized spacial score (nSPS) is 22.8. The van der Waals surface area contributed by atoms with Gasteiger partial charge in [-0.15, -0.1) is 0 Å². The van der Waals surface area contributed by atoms with Gasteiger partial charge in [0.15, 0.2) is 0 Å². The van der Waals surface area contributed by atoms with Gasteiger partial charge in [-0.25, -0.2) is 0 Å². The third-order valence-corrected chi connectivity index (χ3v) is 3.95. The van der Waals surface area contributed by atoms with E-state index in [9.17, 15) is 0 Å². The second kappa shape index (κ2) is 4.29. The Morgan fingerprint density at radius 3 is 2.72 bits per heavy atom. The minimum Gasteiger partial charge on any atom is -0.461 e. The van der Waals surface area contributed by atoms with Crippen LogP contribution in [-0.4, -0.2) is 7.11 Å². The summed E-state index contributed by atoms with van der Waals surface area (Å²) in [5, 5.41) is 0. The largest absolute Gasteiger partial charge is 0.461 e. The number of benzene rings is 1. The highest BCUT2D eigenvalue weighted by Gasteiger charge is 2.35. The molecule has 0 spiro atoms. The number of ether oxygens (including phenoxy) is 1. The molecule has 0 fully saturated rings. The summed E-state index contributed by atoms with van der Waals surface area (Å²) in [6, 6.07) is 12.4. The molecule has 1 aromatic carbocycles. The van der Waals surface area contributed by atoms with Gasteiger partial charge in [-0.3, -0.25) is 0 Å². The first kappa shape index (κ1) is 11.5. The molecule has 1 aromatic heterocycles. The zero-order valence-electron chi connectivity index (χ0n) is 10.9. The fourth-order valence-electron chi connectivity index (χ4n) is 2.74. The molecule has 0 aliphatic heterocycles. The summed E-state index contributed by atoms with van der Waals surface area (Å²) in [7, 11) is 1.78. The van der Waals surface area contributed by atoms with E-state index in [2.05, 4.69) is 25.1 Å². The second-order valence-electron chi connectivity index (χ2n) is 5.10. The highest BCUT2D eigenvalue weighted by molar-refractivity contribution is 5.59. The molecule has 0 radical (unpaired) electrons. The summed E-state index contributed by atoms with van der Waals surface area (Å²) in [4.78, 5) is 0. The quantitative estimate of drug-likeness (QED) is 0.789. The van der Waals surface area contributed by atoms with E-state index < -0.39 is 0 Å². The van der Waals surface area contributed by atoms with E-state index in [1.54, 1.807) is 7.11 Å². The van der Waals surface area contributed by atoms with E-state index in [1.807, 2.05) is 18.2 Å². The molecule has 1 heterocycles. The van der Waals surface area contributed by atoms with Gasteiger partial charge < -0.3 is 9.15 Å². The number of hydrogen-bond acceptors (Lipinski definition) is 2. The molecule has 1 atom stereocenters. The average Bonchev–Trinajstić information content (AvgIpc) is 2.86. The fraction of sp³-hybridized carbons (Fsp3) is 0.375. The van der Waals surface area contributed by atoms with Crippen molar-refractivity contribution in [2.45, 2.75) is 31.8 Å². The predicted octanol–water partition coefficient (Wildman–Crippen LogP) is 4.14. The van der Waals surface area contributed by atoms with E-state index in [4.69, 9.17) is 9.15 Å². The third kappa shape index (κ3) is 1.77. The summed E-state index contributed by atoms with van der Waals surface area (Å²) in [6.07, 6.45) is 3.20. The summed E-state index contributed by atoms with van der Waals surface area (Å²) < 4.78 is 11.7. The van der Waals surface area contributed by atoms with Crippen molar-refractivity contribution in [3.05, 3.63) is 47.7 Å². The van der Waals surface area contributed by atoms with Crippen molar-refractivity contribution in [1.82, 2.24) is 0 Å². The van der Waals surface area contributed by atoms with Gasteiger partial charge in [0.1, 0.15) is 11.5 Å². The van der Waals surface area contributed by atoms with Crippen LogP contribution in [-0.2, 0) is 16.8 Å². The predicted molar refractivity (Wildman–Crippen MR) is 71.4 cm³/mol. The SMILES string of the molecule is COC1(C)CCCc2oc(-c3ccccc3)cc21. The Labute approximate surface area is 108 Å². The molecule has 2 heteroatoms. The van der Waals surface area contributed by atoms with Crippen LogP contribution in [0.4, 0.5) is 0 Å². The molecule has 2 aromatic rings. The van der Waals surface area contributed by atoms with Gasteiger partial charge >= 0.3 is 0 Å². The van der Waals surface area contributed by atoms with Gasteiger partial charge in [0.05, 0.1) is 5.60 Å². The summed E-state index contributed by atoms with van der Waals surface area (Å²) >= 11 is 0. The Morgan fingerprint density at radius 2 is 2.00 bits per heavy atom. The van der Waals surface area contributed by atoms with Crippen molar-refractivity contribution in [1.29, 1.82) is 0 Å². The number of aryl methyl sites for hydroxylation is 1. The Hall–Kier alpha value is -1.54. The Bertz CT molecular complexity index is 541. The fourth-order valence-corrected chi connectivity index (χ4v) is 2.74. The van der Waals surface area contributed by atoms with Gasteiger partial charge in [-0.05, 0) is 25.8 Å². The van der Waals surface area contributed by atoms with Crippen LogP contribution in [0.25, 0.3) is 11.3 Å². The molecular weight excluding hydrogens is 224 g/mol. The zero-order chi connectivity index (χ0) is 12.6. The minimum absolute atomic E-state index is 0.190. The van der Waals surface area contributed by atoms with Crippen LogP contribution < -0.4 is 0 Å². The van der Waals surface area contributed by atoms with Gasteiger partial charge in [-0.2, -0.15) is 0 Å². The van der Waals surface area contributed by atoms with Crippen LogP contribution in [0, 0.1) is 0 Å². The van der Waals surface area contributed by atoms with Crippen LogP contribution >= 0.6 is 0 Å². The standard InChI is InChI=1S/C16H18O2/c1-16(17-2)10-6-9-14-13(16)11-15(18-14)12-7-4-3-5-8-12/h3-5,7-8,11H,6,9-10H2,1-2H3. The molecule has 3 rings (SSSR count). The lowest BCUT2D eigenvalue weighted by Crippen LogP contribution is -2.28. The van der Waals surface area contributed by atoms with Gasteiger partial charge in [0.2, 0.25) is 0 Å². The smallest absolute Gasteiger partial charge is 0.134 e. The first-order chi connectivity index (χ1) is 8.73. The van der Waals surface area contributed by atoms with Crippen molar-refractivity contribution in [3.63, 3.8) is 0 Å². The van der Waals surface area contributed by atoms with Gasteiger partial charge in [-0.1, -0.05) is 30.3 Å². The van der Waals surface area contributed by atoms with Crippen LogP contribution in [0.5, 0.6) is 0 Å². The minimum atomic E-state index is -0.190. The van der Waals surface area contributed by atoms with Gasteiger partial charge in [0, 0.05) is 24.7 Å². The van der Waals surface area contributed by atoms with E-state index in [0.29, 0.717) is 0 Å². The van der Waals surface area contributed by atoms with Crippen molar-refractivity contribution in [2.75, 3.05) is 7.11 Å².